The molecule has 0 bridgehead atoms. The Morgan fingerprint density at radius 3 is 3.05 bits per heavy atom. The zero-order valence-corrected chi connectivity index (χ0v) is 15.3. The van der Waals surface area contributed by atoms with Crippen LogP contribution in [0.15, 0.2) is 16.7 Å². The van der Waals surface area contributed by atoms with E-state index < -0.39 is 0 Å². The number of hydrogen-bond donors (Lipinski definition) is 1. The van der Waals surface area contributed by atoms with Gasteiger partial charge in [-0.25, -0.2) is 4.98 Å². The number of carbonyl (C=O) groups excluding carboxylic acids is 1. The van der Waals surface area contributed by atoms with Gasteiger partial charge in [-0.15, -0.1) is 0 Å². The molecule has 1 amide bonds. The quantitative estimate of drug-likeness (QED) is 0.863. The third kappa shape index (κ3) is 4.45. The smallest absolute Gasteiger partial charge is 0.225 e. The van der Waals surface area contributed by atoms with E-state index in [1.54, 1.807) is 0 Å². The molecule has 0 aromatic carbocycles. The highest BCUT2D eigenvalue weighted by Gasteiger charge is 2.27. The molecule has 5 heteroatoms. The van der Waals surface area contributed by atoms with Crippen molar-refractivity contribution in [1.82, 2.24) is 10.3 Å². The standard InChI is InChI=1S/C17H26BrN3O/c1-4-6-13(3)20-17(22)14-7-5-8-21(11-14)16-12(2)9-15(18)10-19-16/h9-10,13-14H,4-8,11H2,1-3H3,(H,20,22). The molecule has 22 heavy (non-hydrogen) atoms. The van der Waals surface area contributed by atoms with Crippen molar-refractivity contribution in [1.29, 1.82) is 0 Å². The molecule has 4 nitrogen and oxygen atoms in total. The molecule has 1 aliphatic heterocycles. The summed E-state index contributed by atoms with van der Waals surface area (Å²) < 4.78 is 0.994. The minimum atomic E-state index is 0.0675. The van der Waals surface area contributed by atoms with E-state index in [9.17, 15) is 4.79 Å². The van der Waals surface area contributed by atoms with Gasteiger partial charge in [-0.3, -0.25) is 4.79 Å². The highest BCUT2D eigenvalue weighted by molar-refractivity contribution is 9.10. The summed E-state index contributed by atoms with van der Waals surface area (Å²) >= 11 is 3.45. The summed E-state index contributed by atoms with van der Waals surface area (Å²) in [4.78, 5) is 19.2. The van der Waals surface area contributed by atoms with Gasteiger partial charge < -0.3 is 10.2 Å². The van der Waals surface area contributed by atoms with Crippen LogP contribution in [0.1, 0.15) is 45.1 Å². The minimum absolute atomic E-state index is 0.0675. The molecule has 1 saturated heterocycles. The van der Waals surface area contributed by atoms with Crippen LogP contribution in [0.25, 0.3) is 0 Å². The molecule has 1 N–H and O–H groups in total. The fourth-order valence-electron chi connectivity index (χ4n) is 3.11. The van der Waals surface area contributed by atoms with E-state index >= 15 is 0 Å². The van der Waals surface area contributed by atoms with Crippen molar-refractivity contribution in [3.05, 3.63) is 22.3 Å². The van der Waals surface area contributed by atoms with Crippen molar-refractivity contribution >= 4 is 27.7 Å². The van der Waals surface area contributed by atoms with Gasteiger partial charge in [-0.1, -0.05) is 13.3 Å². The van der Waals surface area contributed by atoms with Crippen molar-refractivity contribution in [2.75, 3.05) is 18.0 Å². The molecule has 1 aromatic heterocycles. The van der Waals surface area contributed by atoms with E-state index in [1.807, 2.05) is 6.20 Å². The van der Waals surface area contributed by atoms with E-state index in [0.717, 1.165) is 54.6 Å². The molecule has 1 fully saturated rings. The lowest BCUT2D eigenvalue weighted by molar-refractivity contribution is -0.125. The van der Waals surface area contributed by atoms with Crippen molar-refractivity contribution < 1.29 is 4.79 Å². The van der Waals surface area contributed by atoms with Gasteiger partial charge in [0.15, 0.2) is 0 Å². The van der Waals surface area contributed by atoms with Crippen LogP contribution in [-0.2, 0) is 4.79 Å². The van der Waals surface area contributed by atoms with E-state index in [1.165, 1.54) is 0 Å². The fraction of sp³-hybridized carbons (Fsp3) is 0.647. The van der Waals surface area contributed by atoms with Gasteiger partial charge in [-0.2, -0.15) is 0 Å². The molecule has 1 aliphatic rings. The lowest BCUT2D eigenvalue weighted by Gasteiger charge is -2.34. The Labute approximate surface area is 141 Å². The first-order valence-electron chi connectivity index (χ1n) is 8.18. The maximum Gasteiger partial charge on any atom is 0.225 e. The maximum atomic E-state index is 12.4. The molecule has 0 radical (unpaired) electrons. The van der Waals surface area contributed by atoms with Crippen LogP contribution >= 0.6 is 15.9 Å². The zero-order chi connectivity index (χ0) is 16.1. The van der Waals surface area contributed by atoms with Gasteiger partial charge in [0.1, 0.15) is 5.82 Å². The number of aromatic nitrogens is 1. The Morgan fingerprint density at radius 2 is 2.36 bits per heavy atom. The Hall–Kier alpha value is -1.10. The van der Waals surface area contributed by atoms with Crippen LogP contribution in [0, 0.1) is 12.8 Å². The van der Waals surface area contributed by atoms with E-state index in [4.69, 9.17) is 0 Å². The summed E-state index contributed by atoms with van der Waals surface area (Å²) in [5.74, 6) is 1.26. The number of nitrogens with one attached hydrogen (secondary N) is 1. The number of halogens is 1. The first kappa shape index (κ1) is 17.3. The summed E-state index contributed by atoms with van der Waals surface area (Å²) in [6.07, 6.45) is 5.97. The van der Waals surface area contributed by atoms with Crippen LogP contribution in [0.4, 0.5) is 5.82 Å². The van der Waals surface area contributed by atoms with E-state index in [2.05, 4.69) is 58.0 Å². The van der Waals surface area contributed by atoms with Crippen molar-refractivity contribution in [2.45, 2.75) is 52.5 Å². The lowest BCUT2D eigenvalue weighted by Crippen LogP contribution is -2.45. The van der Waals surface area contributed by atoms with Gasteiger partial charge in [0, 0.05) is 29.8 Å². The van der Waals surface area contributed by atoms with Crippen molar-refractivity contribution in [2.24, 2.45) is 5.92 Å². The number of nitrogens with zero attached hydrogens (tertiary/aromatic N) is 2. The Bertz CT molecular complexity index is 521. The maximum absolute atomic E-state index is 12.4. The monoisotopic (exact) mass is 367 g/mol. The second-order valence-electron chi connectivity index (χ2n) is 6.28. The van der Waals surface area contributed by atoms with Gasteiger partial charge in [0.05, 0.1) is 5.92 Å². The Kier molecular flexibility index (Phi) is 6.24. The lowest BCUT2D eigenvalue weighted by atomic mass is 9.96. The number of pyridine rings is 1. The van der Waals surface area contributed by atoms with Crippen LogP contribution in [0.2, 0.25) is 0 Å². The third-order valence-electron chi connectivity index (χ3n) is 4.22. The fourth-order valence-corrected chi connectivity index (χ4v) is 3.56. The molecule has 0 spiro atoms. The second kappa shape index (κ2) is 7.95. The van der Waals surface area contributed by atoms with E-state index in [-0.39, 0.29) is 17.9 Å². The summed E-state index contributed by atoms with van der Waals surface area (Å²) in [5.41, 5.74) is 1.15. The van der Waals surface area contributed by atoms with Gasteiger partial charge in [0.25, 0.3) is 0 Å². The first-order valence-corrected chi connectivity index (χ1v) is 8.98. The van der Waals surface area contributed by atoms with Crippen molar-refractivity contribution in [3.8, 4) is 0 Å². The summed E-state index contributed by atoms with van der Waals surface area (Å²) in [7, 11) is 0. The highest BCUT2D eigenvalue weighted by atomic mass is 79.9. The third-order valence-corrected chi connectivity index (χ3v) is 4.65. The van der Waals surface area contributed by atoms with Gasteiger partial charge in [0.2, 0.25) is 5.91 Å². The number of anilines is 1. The highest BCUT2D eigenvalue weighted by Crippen LogP contribution is 2.26. The number of amides is 1. The van der Waals surface area contributed by atoms with Crippen LogP contribution in [-0.4, -0.2) is 30.0 Å². The predicted molar refractivity (Wildman–Crippen MR) is 94.1 cm³/mol. The molecule has 2 heterocycles. The molecule has 0 saturated carbocycles. The summed E-state index contributed by atoms with van der Waals surface area (Å²) in [6.45, 7) is 8.04. The number of aryl methyl sites for hydroxylation is 1. The van der Waals surface area contributed by atoms with E-state index in [0.29, 0.717) is 0 Å². The summed E-state index contributed by atoms with van der Waals surface area (Å²) in [6, 6.07) is 2.34. The topological polar surface area (TPSA) is 45.2 Å². The SMILES string of the molecule is CCCC(C)NC(=O)C1CCCN(c2ncc(Br)cc2C)C1. The number of rotatable bonds is 5. The number of carbonyl (C=O) groups is 1. The van der Waals surface area contributed by atoms with Crippen molar-refractivity contribution in [3.63, 3.8) is 0 Å². The van der Waals surface area contributed by atoms with Gasteiger partial charge in [-0.05, 0) is 60.7 Å². The molecule has 0 aliphatic carbocycles. The zero-order valence-electron chi connectivity index (χ0n) is 13.7. The van der Waals surface area contributed by atoms with Crippen LogP contribution in [0.3, 0.4) is 0 Å². The molecule has 1 aromatic rings. The first-order chi connectivity index (χ1) is 10.5. The predicted octanol–water partition coefficient (Wildman–Crippen LogP) is 3.67. The largest absolute Gasteiger partial charge is 0.356 e. The minimum Gasteiger partial charge on any atom is -0.356 e. The molecule has 122 valence electrons. The number of piperidine rings is 1. The molecule has 2 rings (SSSR count). The second-order valence-corrected chi connectivity index (χ2v) is 7.19. The molecule has 2 unspecified atom stereocenters. The van der Waals surface area contributed by atoms with Crippen LogP contribution < -0.4 is 10.2 Å². The van der Waals surface area contributed by atoms with Crippen LogP contribution in [0.5, 0.6) is 0 Å². The average molecular weight is 368 g/mol. The Morgan fingerprint density at radius 1 is 1.59 bits per heavy atom. The number of hydrogen-bond acceptors (Lipinski definition) is 3. The molecule has 2 atom stereocenters. The Balaban J connectivity index is 2.00. The normalized spacial score (nSPS) is 19.8. The summed E-state index contributed by atoms with van der Waals surface area (Å²) in [5, 5.41) is 3.15. The molecular formula is C17H26BrN3O. The van der Waals surface area contributed by atoms with Gasteiger partial charge >= 0.3 is 0 Å². The average Bonchev–Trinajstić information content (AvgIpc) is 2.47. The molecular weight excluding hydrogens is 342 g/mol.